The highest BCUT2D eigenvalue weighted by Crippen LogP contribution is 2.21. The fourth-order valence-corrected chi connectivity index (χ4v) is 4.89. The highest BCUT2D eigenvalue weighted by molar-refractivity contribution is 7.89. The molecule has 2 aromatic rings. The van der Waals surface area contributed by atoms with Crippen molar-refractivity contribution in [2.45, 2.75) is 37.1 Å². The Morgan fingerprint density at radius 1 is 1.00 bits per heavy atom. The minimum atomic E-state index is -3.54. The molecule has 0 radical (unpaired) electrons. The first-order valence-corrected chi connectivity index (χ1v) is 10.9. The normalized spacial score (nSPS) is 15.8. The van der Waals surface area contributed by atoms with Gasteiger partial charge in [0.1, 0.15) is 5.82 Å². The van der Waals surface area contributed by atoms with Crippen LogP contribution in [0.4, 0.5) is 4.39 Å². The molecule has 0 aromatic heterocycles. The zero-order valence-corrected chi connectivity index (χ0v) is 16.8. The summed E-state index contributed by atoms with van der Waals surface area (Å²) in [5.41, 5.74) is 0.798. The second kappa shape index (κ2) is 8.84. The average Bonchev–Trinajstić information content (AvgIpc) is 2.99. The third-order valence-corrected chi connectivity index (χ3v) is 6.93. The van der Waals surface area contributed by atoms with Gasteiger partial charge >= 0.3 is 0 Å². The first-order valence-electron chi connectivity index (χ1n) is 9.48. The molecule has 1 aliphatic heterocycles. The van der Waals surface area contributed by atoms with Crippen LogP contribution in [0.1, 0.15) is 41.6 Å². The predicted octanol–water partition coefficient (Wildman–Crippen LogP) is 3.66. The summed E-state index contributed by atoms with van der Waals surface area (Å²) in [4.78, 5) is 14.2. The van der Waals surface area contributed by atoms with Gasteiger partial charge in [0.15, 0.2) is 0 Å². The van der Waals surface area contributed by atoms with E-state index in [2.05, 4.69) is 0 Å². The van der Waals surface area contributed by atoms with E-state index >= 15 is 0 Å². The van der Waals surface area contributed by atoms with Crippen LogP contribution in [0.15, 0.2) is 53.4 Å². The molecule has 28 heavy (non-hydrogen) atoms. The SMILES string of the molecule is CN(Cc1ccccc1F)C(=O)c1ccc(S(=O)(=O)N2CCCCCC2)cc1. The smallest absolute Gasteiger partial charge is 0.253 e. The Labute approximate surface area is 165 Å². The number of hydrogen-bond donors (Lipinski definition) is 0. The summed E-state index contributed by atoms with van der Waals surface area (Å²) in [5, 5.41) is 0. The molecule has 1 heterocycles. The Balaban J connectivity index is 1.72. The van der Waals surface area contributed by atoms with Gasteiger partial charge in [0.25, 0.3) is 5.91 Å². The molecule has 150 valence electrons. The van der Waals surface area contributed by atoms with Crippen molar-refractivity contribution in [2.24, 2.45) is 0 Å². The first kappa shape index (κ1) is 20.5. The van der Waals surface area contributed by atoms with E-state index in [-0.39, 0.29) is 23.2 Å². The number of nitrogens with zero attached hydrogens (tertiary/aromatic N) is 2. The lowest BCUT2D eigenvalue weighted by Gasteiger charge is -2.20. The minimum Gasteiger partial charge on any atom is -0.337 e. The molecule has 0 unspecified atom stereocenters. The zero-order valence-electron chi connectivity index (χ0n) is 16.0. The molecule has 0 N–H and O–H groups in total. The van der Waals surface area contributed by atoms with Crippen LogP contribution in [-0.2, 0) is 16.6 Å². The van der Waals surface area contributed by atoms with E-state index in [1.807, 2.05) is 0 Å². The van der Waals surface area contributed by atoms with Crippen molar-refractivity contribution >= 4 is 15.9 Å². The Morgan fingerprint density at radius 3 is 2.21 bits per heavy atom. The maximum absolute atomic E-state index is 13.8. The maximum Gasteiger partial charge on any atom is 0.253 e. The van der Waals surface area contributed by atoms with Crippen molar-refractivity contribution in [3.05, 3.63) is 65.5 Å². The monoisotopic (exact) mass is 404 g/mol. The molecule has 1 aliphatic rings. The summed E-state index contributed by atoms with van der Waals surface area (Å²) in [6.45, 7) is 1.21. The Hall–Kier alpha value is -2.25. The summed E-state index contributed by atoms with van der Waals surface area (Å²) < 4.78 is 41.0. The van der Waals surface area contributed by atoms with Crippen LogP contribution < -0.4 is 0 Å². The molecule has 0 bridgehead atoms. The van der Waals surface area contributed by atoms with E-state index in [0.29, 0.717) is 24.2 Å². The van der Waals surface area contributed by atoms with E-state index < -0.39 is 10.0 Å². The topological polar surface area (TPSA) is 57.7 Å². The van der Waals surface area contributed by atoms with Crippen molar-refractivity contribution in [2.75, 3.05) is 20.1 Å². The van der Waals surface area contributed by atoms with E-state index in [1.54, 1.807) is 25.2 Å². The van der Waals surface area contributed by atoms with Gasteiger partial charge in [-0.2, -0.15) is 4.31 Å². The number of rotatable bonds is 5. The van der Waals surface area contributed by atoms with Gasteiger partial charge < -0.3 is 4.90 Å². The van der Waals surface area contributed by atoms with Crippen molar-refractivity contribution < 1.29 is 17.6 Å². The van der Waals surface area contributed by atoms with Crippen molar-refractivity contribution in [3.8, 4) is 0 Å². The number of carbonyl (C=O) groups is 1. The molecule has 0 spiro atoms. The summed E-state index contributed by atoms with van der Waals surface area (Å²) >= 11 is 0. The number of halogens is 1. The van der Waals surface area contributed by atoms with E-state index in [1.165, 1.54) is 39.5 Å². The van der Waals surface area contributed by atoms with Crippen molar-refractivity contribution in [1.82, 2.24) is 9.21 Å². The molecule has 1 fully saturated rings. The van der Waals surface area contributed by atoms with Crippen LogP contribution in [0.2, 0.25) is 0 Å². The van der Waals surface area contributed by atoms with Crippen LogP contribution in [0.25, 0.3) is 0 Å². The number of amides is 1. The molecule has 5 nitrogen and oxygen atoms in total. The largest absolute Gasteiger partial charge is 0.337 e. The van der Waals surface area contributed by atoms with Gasteiger partial charge in [-0.05, 0) is 43.2 Å². The van der Waals surface area contributed by atoms with E-state index in [4.69, 9.17) is 0 Å². The lowest BCUT2D eigenvalue weighted by Crippen LogP contribution is -2.32. The summed E-state index contributed by atoms with van der Waals surface area (Å²) in [7, 11) is -1.95. The standard InChI is InChI=1S/C21H25FN2O3S/c1-23(16-18-8-4-5-9-20(18)22)21(25)17-10-12-19(13-11-17)28(26,27)24-14-6-2-3-7-15-24/h4-5,8-13H,2-3,6-7,14-16H2,1H3. The Kier molecular flexibility index (Phi) is 6.46. The molecule has 0 aliphatic carbocycles. The number of carbonyl (C=O) groups excluding carboxylic acids is 1. The quantitative estimate of drug-likeness (QED) is 0.764. The highest BCUT2D eigenvalue weighted by Gasteiger charge is 2.25. The van der Waals surface area contributed by atoms with Gasteiger partial charge in [-0.3, -0.25) is 4.79 Å². The molecule has 1 amide bonds. The summed E-state index contributed by atoms with van der Waals surface area (Å²) in [5.74, 6) is -0.650. The Bertz CT molecular complexity index is 921. The van der Waals surface area contributed by atoms with Gasteiger partial charge in [0.05, 0.1) is 4.90 Å². The average molecular weight is 405 g/mol. The summed E-state index contributed by atoms with van der Waals surface area (Å²) in [6, 6.07) is 12.3. The third kappa shape index (κ3) is 4.59. The third-order valence-electron chi connectivity index (χ3n) is 5.02. The second-order valence-electron chi connectivity index (χ2n) is 7.10. The zero-order chi connectivity index (χ0) is 20.1. The maximum atomic E-state index is 13.8. The predicted molar refractivity (Wildman–Crippen MR) is 106 cm³/mol. The molecular weight excluding hydrogens is 379 g/mol. The van der Waals surface area contributed by atoms with Crippen molar-refractivity contribution in [3.63, 3.8) is 0 Å². The molecule has 0 saturated carbocycles. The van der Waals surface area contributed by atoms with Crippen LogP contribution in [0.3, 0.4) is 0 Å². The van der Waals surface area contributed by atoms with Gasteiger partial charge in [-0.1, -0.05) is 31.0 Å². The molecule has 1 saturated heterocycles. The van der Waals surface area contributed by atoms with Crippen LogP contribution in [-0.4, -0.2) is 43.7 Å². The summed E-state index contributed by atoms with van der Waals surface area (Å²) in [6.07, 6.45) is 3.84. The van der Waals surface area contributed by atoms with Gasteiger partial charge in [-0.25, -0.2) is 12.8 Å². The van der Waals surface area contributed by atoms with Crippen molar-refractivity contribution in [1.29, 1.82) is 0 Å². The molecule has 7 heteroatoms. The molecule has 2 aromatic carbocycles. The lowest BCUT2D eigenvalue weighted by molar-refractivity contribution is 0.0783. The van der Waals surface area contributed by atoms with Gasteiger partial charge in [-0.15, -0.1) is 0 Å². The van der Waals surface area contributed by atoms with E-state index in [9.17, 15) is 17.6 Å². The molecule has 0 atom stereocenters. The van der Waals surface area contributed by atoms with Gasteiger partial charge in [0, 0.05) is 37.8 Å². The number of benzene rings is 2. The fourth-order valence-electron chi connectivity index (χ4n) is 3.37. The first-order chi connectivity index (χ1) is 13.4. The Morgan fingerprint density at radius 2 is 1.61 bits per heavy atom. The highest BCUT2D eigenvalue weighted by atomic mass is 32.2. The van der Waals surface area contributed by atoms with E-state index in [0.717, 1.165) is 25.7 Å². The van der Waals surface area contributed by atoms with Gasteiger partial charge in [0.2, 0.25) is 10.0 Å². The van der Waals surface area contributed by atoms with Crippen LogP contribution >= 0.6 is 0 Å². The number of hydrogen-bond acceptors (Lipinski definition) is 3. The molecular formula is C21H25FN2O3S. The second-order valence-corrected chi connectivity index (χ2v) is 9.03. The van der Waals surface area contributed by atoms with Crippen LogP contribution in [0, 0.1) is 5.82 Å². The number of sulfonamides is 1. The minimum absolute atomic E-state index is 0.138. The fraction of sp³-hybridized carbons (Fsp3) is 0.381. The molecule has 3 rings (SSSR count). The van der Waals surface area contributed by atoms with Crippen LogP contribution in [0.5, 0.6) is 0 Å². The lowest BCUT2D eigenvalue weighted by atomic mass is 10.1.